The van der Waals surface area contributed by atoms with Gasteiger partial charge in [0, 0.05) is 62.6 Å². The summed E-state index contributed by atoms with van der Waals surface area (Å²) in [5, 5.41) is 15.4. The number of rotatable bonds is 15. The quantitative estimate of drug-likeness (QED) is 0.102. The van der Waals surface area contributed by atoms with Crippen molar-refractivity contribution in [2.75, 3.05) is 0 Å². The van der Waals surface area contributed by atoms with Crippen LogP contribution < -0.4 is 14.2 Å². The second kappa shape index (κ2) is 27.9. The van der Waals surface area contributed by atoms with Crippen molar-refractivity contribution in [3.63, 3.8) is 0 Å². The number of nitrogens with zero attached hydrogens (tertiary/aromatic N) is 6. The predicted molar refractivity (Wildman–Crippen MR) is 360 cm³/mol. The molecule has 0 spiro atoms. The molecule has 0 unspecified atom stereocenters. The van der Waals surface area contributed by atoms with E-state index >= 15 is 0 Å². The lowest BCUT2D eigenvalue weighted by Crippen LogP contribution is -2.11. The van der Waals surface area contributed by atoms with Crippen LogP contribution in [0.2, 0.25) is 5.02 Å². The molecule has 11 heteroatoms. The van der Waals surface area contributed by atoms with Crippen molar-refractivity contribution >= 4 is 11.6 Å². The summed E-state index contributed by atoms with van der Waals surface area (Å²) in [5.74, 6) is 2.13. The van der Waals surface area contributed by atoms with Gasteiger partial charge in [0.2, 0.25) is 0 Å². The first-order chi connectivity index (χ1) is 42.8. The Kier molecular flexibility index (Phi) is 19.6. The molecule has 3 heterocycles. The Balaban J connectivity index is 0.000000147. The van der Waals surface area contributed by atoms with E-state index in [2.05, 4.69) is 142 Å². The average molecular weight is 1200 g/mol. The molecule has 0 bridgehead atoms. The van der Waals surface area contributed by atoms with Crippen molar-refractivity contribution in [1.82, 2.24) is 29.3 Å². The molecule has 0 aliphatic carbocycles. The van der Waals surface area contributed by atoms with Crippen LogP contribution in [-0.4, -0.2) is 29.3 Å². The molecule has 0 aliphatic rings. The minimum Gasteiger partial charge on any atom is -0.489 e. The van der Waals surface area contributed by atoms with E-state index in [-0.39, 0.29) is 28.7 Å². The fourth-order valence-electron chi connectivity index (χ4n) is 9.94. The van der Waals surface area contributed by atoms with Gasteiger partial charge < -0.3 is 14.2 Å². The third-order valence-corrected chi connectivity index (χ3v) is 15.2. The molecule has 12 rings (SSSR count). The standard InChI is InChI=1S/C26H25ClN2O.C26H25FN2O.C26H26N2O/c1-26(2,3)24-17-29(22-7-5-4-6-8-22)28-25(24)20-11-15-23(16-12-20)30-18-19-9-13-21(27)14-10-19;1-26(2,3)23-17-29(21-10-5-4-6-11-21)28-25(23)19-13-15-22(16-14-19)30-18-20-9-7-8-12-24(20)27;1-26(2,3)24-18-28(22-12-8-5-9-13-22)27-25(24)21-14-16-23(17-15-21)29-19-20-10-6-4-7-11-20/h2*4-17H,18H2,1-3H3;4-18H,19H2,1-3H3. The lowest BCUT2D eigenvalue weighted by atomic mass is 9.86. The minimum absolute atomic E-state index is 0.00908. The first-order valence-electron chi connectivity index (χ1n) is 30.0. The number of para-hydroxylation sites is 3. The maximum atomic E-state index is 13.8. The van der Waals surface area contributed by atoms with Gasteiger partial charge in [-0.1, -0.05) is 189 Å². The van der Waals surface area contributed by atoms with Crippen LogP contribution in [0.15, 0.2) is 261 Å². The second-order valence-electron chi connectivity index (χ2n) is 24.9. The number of halogens is 2. The Morgan fingerprint density at radius 1 is 0.337 bits per heavy atom. The molecule has 0 atom stereocenters. The Hall–Kier alpha value is -9.77. The van der Waals surface area contributed by atoms with Gasteiger partial charge in [0.25, 0.3) is 0 Å². The van der Waals surface area contributed by atoms with Crippen LogP contribution >= 0.6 is 11.6 Å². The van der Waals surface area contributed by atoms with Gasteiger partial charge in [-0.3, -0.25) is 0 Å². The van der Waals surface area contributed by atoms with Crippen molar-refractivity contribution < 1.29 is 18.6 Å². The predicted octanol–water partition coefficient (Wildman–Crippen LogP) is 20.0. The molecule has 89 heavy (non-hydrogen) atoms. The highest BCUT2D eigenvalue weighted by Gasteiger charge is 2.26. The van der Waals surface area contributed by atoms with Gasteiger partial charge in [-0.2, -0.15) is 15.3 Å². The summed E-state index contributed by atoms with van der Waals surface area (Å²) in [6.07, 6.45) is 6.38. The Bertz CT molecular complexity index is 4170. The van der Waals surface area contributed by atoms with Crippen molar-refractivity contribution in [1.29, 1.82) is 0 Å². The van der Waals surface area contributed by atoms with Gasteiger partial charge in [-0.25, -0.2) is 18.4 Å². The van der Waals surface area contributed by atoms with Crippen molar-refractivity contribution in [3.8, 4) is 68.1 Å². The fourth-order valence-corrected chi connectivity index (χ4v) is 10.1. The number of ether oxygens (including phenoxy) is 3. The first-order valence-corrected chi connectivity index (χ1v) is 30.4. The second-order valence-corrected chi connectivity index (χ2v) is 25.3. The van der Waals surface area contributed by atoms with E-state index in [0.29, 0.717) is 24.5 Å². The van der Waals surface area contributed by atoms with Crippen molar-refractivity contribution in [2.45, 2.75) is 98.4 Å². The van der Waals surface area contributed by atoms with Crippen LogP contribution in [0.5, 0.6) is 17.2 Å². The van der Waals surface area contributed by atoms with Crippen LogP contribution in [0.1, 0.15) is 95.7 Å². The normalized spacial score (nSPS) is 11.4. The van der Waals surface area contributed by atoms with E-state index < -0.39 is 0 Å². The monoisotopic (exact) mass is 1200 g/mol. The summed E-state index contributed by atoms with van der Waals surface area (Å²) >= 11 is 5.94. The smallest absolute Gasteiger partial charge is 0.129 e. The summed E-state index contributed by atoms with van der Waals surface area (Å²) in [5.41, 5.74) is 15.6. The van der Waals surface area contributed by atoms with Crippen LogP contribution in [-0.2, 0) is 36.1 Å². The Morgan fingerprint density at radius 3 is 0.955 bits per heavy atom. The van der Waals surface area contributed by atoms with E-state index in [0.717, 1.165) is 78.5 Å². The highest BCUT2D eigenvalue weighted by atomic mass is 35.5. The summed E-state index contributed by atoms with van der Waals surface area (Å²) in [6.45, 7) is 21.1. The van der Waals surface area contributed by atoms with Crippen molar-refractivity contribution in [2.24, 2.45) is 0 Å². The van der Waals surface area contributed by atoms with Gasteiger partial charge in [-0.15, -0.1) is 0 Å². The molecule has 0 radical (unpaired) electrons. The first kappa shape index (κ1) is 62.3. The summed E-state index contributed by atoms with van der Waals surface area (Å²) in [4.78, 5) is 0. The lowest BCUT2D eigenvalue weighted by molar-refractivity contribution is 0.300. The lowest BCUT2D eigenvalue weighted by Gasteiger charge is -2.18. The number of benzene rings is 9. The van der Waals surface area contributed by atoms with E-state index in [1.807, 2.05) is 178 Å². The van der Waals surface area contributed by atoms with E-state index in [4.69, 9.17) is 41.1 Å². The molecule has 9 nitrogen and oxygen atoms in total. The minimum atomic E-state index is -0.254. The Labute approximate surface area is 528 Å². The molecule has 0 amide bonds. The van der Waals surface area contributed by atoms with Gasteiger partial charge >= 0.3 is 0 Å². The van der Waals surface area contributed by atoms with Crippen LogP contribution in [0.25, 0.3) is 50.8 Å². The molecule has 3 aromatic heterocycles. The zero-order chi connectivity index (χ0) is 62.5. The van der Waals surface area contributed by atoms with Crippen molar-refractivity contribution in [3.05, 3.63) is 305 Å². The molecule has 0 saturated heterocycles. The fraction of sp³-hybridized carbons (Fsp3) is 0.192. The maximum absolute atomic E-state index is 13.8. The number of aromatic nitrogens is 6. The Morgan fingerprint density at radius 2 is 0.629 bits per heavy atom. The van der Waals surface area contributed by atoms with E-state index in [1.54, 1.807) is 12.1 Å². The summed E-state index contributed by atoms with van der Waals surface area (Å²) in [6, 6.07) is 79.3. The third kappa shape index (κ3) is 16.5. The zero-order valence-corrected chi connectivity index (χ0v) is 52.9. The topological polar surface area (TPSA) is 81.2 Å². The van der Waals surface area contributed by atoms with E-state index in [1.165, 1.54) is 22.8 Å². The molecular weight excluding hydrogens is 1120 g/mol. The summed E-state index contributed by atoms with van der Waals surface area (Å²) in [7, 11) is 0. The molecule has 450 valence electrons. The highest BCUT2D eigenvalue weighted by Crippen LogP contribution is 2.37. The molecule has 0 N–H and O–H groups in total. The molecular formula is C78H76ClFN6O3. The maximum Gasteiger partial charge on any atom is 0.129 e. The van der Waals surface area contributed by atoms with Gasteiger partial charge in [0.15, 0.2) is 0 Å². The molecule has 0 saturated carbocycles. The van der Waals surface area contributed by atoms with Crippen LogP contribution in [0.3, 0.4) is 0 Å². The zero-order valence-electron chi connectivity index (χ0n) is 52.1. The average Bonchev–Trinajstić information content (AvgIpc) is 1.92. The van der Waals surface area contributed by atoms with Gasteiger partial charge in [-0.05, 0) is 155 Å². The molecule has 0 aliphatic heterocycles. The largest absolute Gasteiger partial charge is 0.489 e. The van der Waals surface area contributed by atoms with Gasteiger partial charge in [0.1, 0.15) is 42.9 Å². The third-order valence-electron chi connectivity index (χ3n) is 14.9. The summed E-state index contributed by atoms with van der Waals surface area (Å²) < 4.78 is 37.3. The molecule has 12 aromatic rings. The number of hydrogen-bond acceptors (Lipinski definition) is 6. The molecule has 0 fully saturated rings. The highest BCUT2D eigenvalue weighted by molar-refractivity contribution is 6.30. The van der Waals surface area contributed by atoms with Crippen LogP contribution in [0.4, 0.5) is 4.39 Å². The molecule has 9 aromatic carbocycles. The van der Waals surface area contributed by atoms with Gasteiger partial charge in [0.05, 0.1) is 34.1 Å². The number of hydrogen-bond donors (Lipinski definition) is 0. The van der Waals surface area contributed by atoms with Crippen LogP contribution in [0, 0.1) is 5.82 Å². The van der Waals surface area contributed by atoms with E-state index in [9.17, 15) is 4.39 Å². The SMILES string of the molecule is CC(C)(C)c1cn(-c2ccccc2)nc1-c1ccc(OCc2ccc(Cl)cc2)cc1.CC(C)(C)c1cn(-c2ccccc2)nc1-c1ccc(OCc2ccccc2)cc1.CC(C)(C)c1cn(-c2ccccc2)nc1-c1ccc(OCc2ccccc2F)cc1.